The van der Waals surface area contributed by atoms with Crippen molar-refractivity contribution in [3.05, 3.63) is 59.7 Å². The van der Waals surface area contributed by atoms with Crippen LogP contribution in [0.1, 0.15) is 20.7 Å². The Morgan fingerprint density at radius 3 is 1.85 bits per heavy atom. The second-order valence-electron chi connectivity index (χ2n) is 4.01. The highest BCUT2D eigenvalue weighted by Gasteiger charge is 2.09. The van der Waals surface area contributed by atoms with Gasteiger partial charge >= 0.3 is 5.97 Å². The van der Waals surface area contributed by atoms with Gasteiger partial charge in [-0.05, 0) is 48.5 Å². The highest BCUT2D eigenvalue weighted by atomic mass is 16.5. The standard InChI is InChI=1S/C15H13NO4/c1-19-12-6-4-11(5-7-12)15(18)20-13-8-2-10(3-9-13)14(16)17/h2-9H,1H3,(H2,16,17). The Hall–Kier alpha value is -2.82. The number of amides is 1. The lowest BCUT2D eigenvalue weighted by molar-refractivity contribution is 0.0734. The van der Waals surface area contributed by atoms with Gasteiger partial charge in [0.05, 0.1) is 12.7 Å². The predicted octanol–water partition coefficient (Wildman–Crippen LogP) is 2.01. The first-order valence-corrected chi connectivity index (χ1v) is 5.86. The van der Waals surface area contributed by atoms with Gasteiger partial charge in [0.25, 0.3) is 0 Å². The second kappa shape index (κ2) is 5.88. The van der Waals surface area contributed by atoms with E-state index >= 15 is 0 Å². The van der Waals surface area contributed by atoms with Crippen LogP contribution in [0.15, 0.2) is 48.5 Å². The minimum atomic E-state index is -0.530. The van der Waals surface area contributed by atoms with Crippen LogP contribution in [0.2, 0.25) is 0 Å². The average molecular weight is 271 g/mol. The quantitative estimate of drug-likeness (QED) is 0.681. The summed E-state index contributed by atoms with van der Waals surface area (Å²) in [5.74, 6) is -0.0133. The van der Waals surface area contributed by atoms with Gasteiger partial charge in [0.2, 0.25) is 5.91 Å². The van der Waals surface area contributed by atoms with Crippen molar-refractivity contribution in [1.29, 1.82) is 0 Å². The molecule has 2 rings (SSSR count). The molecule has 2 N–H and O–H groups in total. The normalized spacial score (nSPS) is 9.85. The van der Waals surface area contributed by atoms with Crippen LogP contribution in [0.3, 0.4) is 0 Å². The van der Waals surface area contributed by atoms with Gasteiger partial charge in [0, 0.05) is 5.56 Å². The van der Waals surface area contributed by atoms with Gasteiger partial charge < -0.3 is 15.2 Å². The summed E-state index contributed by atoms with van der Waals surface area (Å²) in [5.41, 5.74) is 5.89. The SMILES string of the molecule is COc1ccc(C(=O)Oc2ccc(C(N)=O)cc2)cc1. The summed E-state index contributed by atoms with van der Waals surface area (Å²) < 4.78 is 10.2. The third-order valence-electron chi connectivity index (χ3n) is 2.68. The molecule has 0 aliphatic rings. The molecule has 0 bridgehead atoms. The number of primary amides is 1. The third-order valence-corrected chi connectivity index (χ3v) is 2.68. The molecule has 0 unspecified atom stereocenters. The topological polar surface area (TPSA) is 78.6 Å². The minimum absolute atomic E-state index is 0.343. The summed E-state index contributed by atoms with van der Waals surface area (Å²) in [4.78, 5) is 22.8. The van der Waals surface area contributed by atoms with Crippen molar-refractivity contribution in [2.24, 2.45) is 5.73 Å². The molecule has 0 atom stereocenters. The molecule has 0 heterocycles. The minimum Gasteiger partial charge on any atom is -0.497 e. The molecule has 20 heavy (non-hydrogen) atoms. The van der Waals surface area contributed by atoms with Crippen LogP contribution in [0.5, 0.6) is 11.5 Å². The molecule has 1 amide bonds. The number of carbonyl (C=O) groups is 2. The molecule has 0 aromatic heterocycles. The van der Waals surface area contributed by atoms with Crippen molar-refractivity contribution in [2.45, 2.75) is 0 Å². The van der Waals surface area contributed by atoms with E-state index in [1.807, 2.05) is 0 Å². The van der Waals surface area contributed by atoms with Crippen molar-refractivity contribution in [3.63, 3.8) is 0 Å². The molecule has 102 valence electrons. The van der Waals surface area contributed by atoms with Gasteiger partial charge in [-0.1, -0.05) is 0 Å². The fourth-order valence-corrected chi connectivity index (χ4v) is 1.58. The largest absolute Gasteiger partial charge is 0.497 e. The van der Waals surface area contributed by atoms with E-state index in [2.05, 4.69) is 0 Å². The lowest BCUT2D eigenvalue weighted by atomic mass is 10.2. The van der Waals surface area contributed by atoms with Crippen molar-refractivity contribution in [1.82, 2.24) is 0 Å². The van der Waals surface area contributed by atoms with Crippen molar-refractivity contribution < 1.29 is 19.1 Å². The molecule has 2 aromatic carbocycles. The number of hydrogen-bond acceptors (Lipinski definition) is 4. The van der Waals surface area contributed by atoms with E-state index in [1.165, 1.54) is 24.3 Å². The number of hydrogen-bond donors (Lipinski definition) is 1. The van der Waals surface area contributed by atoms with Crippen LogP contribution >= 0.6 is 0 Å². The van der Waals surface area contributed by atoms with E-state index in [-0.39, 0.29) is 0 Å². The van der Waals surface area contributed by atoms with Crippen molar-refractivity contribution in [2.75, 3.05) is 7.11 Å². The Labute approximate surface area is 115 Å². The van der Waals surface area contributed by atoms with Gasteiger partial charge in [-0.2, -0.15) is 0 Å². The summed E-state index contributed by atoms with van der Waals surface area (Å²) >= 11 is 0. The maximum Gasteiger partial charge on any atom is 0.343 e. The Bertz CT molecular complexity index is 617. The van der Waals surface area contributed by atoms with Crippen LogP contribution in [0, 0.1) is 0 Å². The fourth-order valence-electron chi connectivity index (χ4n) is 1.58. The Balaban J connectivity index is 2.08. The van der Waals surface area contributed by atoms with Gasteiger partial charge in [-0.3, -0.25) is 4.79 Å². The van der Waals surface area contributed by atoms with E-state index in [1.54, 1.807) is 31.4 Å². The number of ether oxygens (including phenoxy) is 2. The molecular weight excluding hydrogens is 258 g/mol. The molecule has 0 radical (unpaired) electrons. The first-order chi connectivity index (χ1) is 9.60. The van der Waals surface area contributed by atoms with Gasteiger partial charge in [0.1, 0.15) is 11.5 Å². The first kappa shape index (κ1) is 13.6. The molecule has 5 heteroatoms. The number of methoxy groups -OCH3 is 1. The maximum atomic E-state index is 11.9. The van der Waals surface area contributed by atoms with Gasteiger partial charge in [-0.25, -0.2) is 4.79 Å². The molecule has 0 aliphatic heterocycles. The Morgan fingerprint density at radius 2 is 1.35 bits per heavy atom. The molecule has 0 spiro atoms. The Kier molecular flexibility index (Phi) is 4.00. The Morgan fingerprint density at radius 1 is 0.850 bits per heavy atom. The highest BCUT2D eigenvalue weighted by Crippen LogP contribution is 2.16. The molecule has 0 saturated heterocycles. The lowest BCUT2D eigenvalue weighted by Crippen LogP contribution is -2.11. The second-order valence-corrected chi connectivity index (χ2v) is 4.01. The zero-order chi connectivity index (χ0) is 14.5. The summed E-state index contributed by atoms with van der Waals surface area (Å²) in [6.45, 7) is 0. The number of rotatable bonds is 4. The van der Waals surface area contributed by atoms with E-state index in [0.717, 1.165) is 0 Å². The molecule has 0 aliphatic carbocycles. The van der Waals surface area contributed by atoms with Crippen LogP contribution < -0.4 is 15.2 Å². The van der Waals surface area contributed by atoms with Crippen LogP contribution in [-0.2, 0) is 0 Å². The average Bonchev–Trinajstić information content (AvgIpc) is 2.48. The monoisotopic (exact) mass is 271 g/mol. The molecule has 5 nitrogen and oxygen atoms in total. The van der Waals surface area contributed by atoms with E-state index in [4.69, 9.17) is 15.2 Å². The van der Waals surface area contributed by atoms with E-state index in [9.17, 15) is 9.59 Å². The zero-order valence-electron chi connectivity index (χ0n) is 10.8. The summed E-state index contributed by atoms with van der Waals surface area (Å²) in [7, 11) is 1.55. The van der Waals surface area contributed by atoms with Gasteiger partial charge in [0.15, 0.2) is 0 Å². The number of esters is 1. The molecule has 0 fully saturated rings. The predicted molar refractivity (Wildman–Crippen MR) is 72.9 cm³/mol. The van der Waals surface area contributed by atoms with Gasteiger partial charge in [-0.15, -0.1) is 0 Å². The molecule has 0 saturated carbocycles. The first-order valence-electron chi connectivity index (χ1n) is 5.86. The summed E-state index contributed by atoms with van der Waals surface area (Å²) in [5, 5.41) is 0. The number of carbonyl (C=O) groups excluding carboxylic acids is 2. The van der Waals surface area contributed by atoms with E-state index < -0.39 is 11.9 Å². The highest BCUT2D eigenvalue weighted by molar-refractivity contribution is 5.93. The summed E-state index contributed by atoms with van der Waals surface area (Å²) in [6, 6.07) is 12.6. The van der Waals surface area contributed by atoms with Crippen molar-refractivity contribution in [3.8, 4) is 11.5 Å². The number of benzene rings is 2. The third kappa shape index (κ3) is 3.14. The summed E-state index contributed by atoms with van der Waals surface area (Å²) in [6.07, 6.45) is 0. The lowest BCUT2D eigenvalue weighted by Gasteiger charge is -2.05. The number of nitrogens with two attached hydrogens (primary N) is 1. The zero-order valence-corrected chi connectivity index (χ0v) is 10.8. The smallest absolute Gasteiger partial charge is 0.343 e. The van der Waals surface area contributed by atoms with Crippen molar-refractivity contribution >= 4 is 11.9 Å². The maximum absolute atomic E-state index is 11.9. The molecular formula is C15H13NO4. The van der Waals surface area contributed by atoms with Crippen LogP contribution in [-0.4, -0.2) is 19.0 Å². The molecule has 2 aromatic rings. The van der Waals surface area contributed by atoms with Crippen LogP contribution in [0.25, 0.3) is 0 Å². The van der Waals surface area contributed by atoms with Crippen LogP contribution in [0.4, 0.5) is 0 Å². The van der Waals surface area contributed by atoms with E-state index in [0.29, 0.717) is 22.6 Å². The fraction of sp³-hybridized carbons (Fsp3) is 0.0667.